The molecule has 0 heterocycles. The van der Waals surface area contributed by atoms with Crippen LogP contribution in [0.4, 0.5) is 0 Å². The first kappa shape index (κ1) is 14.7. The van der Waals surface area contributed by atoms with Gasteiger partial charge in [-0.1, -0.05) is 25.4 Å². The molecule has 0 bridgehead atoms. The van der Waals surface area contributed by atoms with Crippen molar-refractivity contribution in [2.75, 3.05) is 0 Å². The first-order valence-electron chi connectivity index (χ1n) is 7.17. The Balaban J connectivity index is 2.14. The average molecular weight is 282 g/mol. The lowest BCUT2D eigenvalue weighted by molar-refractivity contribution is 0.0998. The van der Waals surface area contributed by atoms with Crippen LogP contribution in [0.1, 0.15) is 51.6 Å². The van der Waals surface area contributed by atoms with E-state index in [-0.39, 0.29) is 6.04 Å². The van der Waals surface area contributed by atoms with E-state index < -0.39 is 0 Å². The van der Waals surface area contributed by atoms with E-state index in [1.54, 1.807) is 0 Å². The molecule has 3 atom stereocenters. The minimum Gasteiger partial charge on any atom is -0.490 e. The Hall–Kier alpha value is -0.730. The summed E-state index contributed by atoms with van der Waals surface area (Å²) in [5, 5.41) is 0.713. The van der Waals surface area contributed by atoms with E-state index in [2.05, 4.69) is 13.8 Å². The van der Waals surface area contributed by atoms with Crippen LogP contribution in [0.15, 0.2) is 18.2 Å². The zero-order chi connectivity index (χ0) is 14.0. The number of ether oxygens (including phenoxy) is 1. The van der Waals surface area contributed by atoms with E-state index in [4.69, 9.17) is 22.1 Å². The summed E-state index contributed by atoms with van der Waals surface area (Å²) >= 11 is 6.04. The van der Waals surface area contributed by atoms with Gasteiger partial charge in [0.25, 0.3) is 0 Å². The van der Waals surface area contributed by atoms with Crippen molar-refractivity contribution < 1.29 is 4.74 Å². The van der Waals surface area contributed by atoms with Crippen LogP contribution in [-0.2, 0) is 0 Å². The summed E-state index contributed by atoms with van der Waals surface area (Å²) in [6.07, 6.45) is 3.87. The van der Waals surface area contributed by atoms with Crippen molar-refractivity contribution >= 4 is 11.6 Å². The molecule has 2 unspecified atom stereocenters. The molecule has 0 spiro atoms. The molecule has 2 nitrogen and oxygen atoms in total. The second kappa shape index (κ2) is 6.15. The quantitative estimate of drug-likeness (QED) is 0.881. The zero-order valence-corrected chi connectivity index (χ0v) is 12.8. The van der Waals surface area contributed by atoms with E-state index in [0.717, 1.165) is 36.0 Å². The van der Waals surface area contributed by atoms with Crippen molar-refractivity contribution in [3.63, 3.8) is 0 Å². The molecule has 2 rings (SSSR count). The Morgan fingerprint density at radius 1 is 1.21 bits per heavy atom. The van der Waals surface area contributed by atoms with Crippen LogP contribution in [-0.4, -0.2) is 6.10 Å². The average Bonchev–Trinajstić information content (AvgIpc) is 2.30. The van der Waals surface area contributed by atoms with Gasteiger partial charge < -0.3 is 10.5 Å². The third-order valence-corrected chi connectivity index (χ3v) is 4.13. The van der Waals surface area contributed by atoms with Gasteiger partial charge in [-0.25, -0.2) is 0 Å². The van der Waals surface area contributed by atoms with Crippen molar-refractivity contribution in [3.8, 4) is 5.75 Å². The van der Waals surface area contributed by atoms with Crippen molar-refractivity contribution in [1.29, 1.82) is 0 Å². The second-order valence-electron chi connectivity index (χ2n) is 6.13. The van der Waals surface area contributed by atoms with Crippen molar-refractivity contribution in [2.45, 2.75) is 52.2 Å². The molecule has 0 saturated heterocycles. The van der Waals surface area contributed by atoms with E-state index in [0.29, 0.717) is 11.1 Å². The lowest BCUT2D eigenvalue weighted by Crippen LogP contribution is -2.29. The Labute approximate surface area is 121 Å². The van der Waals surface area contributed by atoms with Crippen LogP contribution in [0.3, 0.4) is 0 Å². The van der Waals surface area contributed by atoms with Crippen LogP contribution in [0.5, 0.6) is 5.75 Å². The highest BCUT2D eigenvalue weighted by molar-refractivity contribution is 6.30. The summed E-state index contributed by atoms with van der Waals surface area (Å²) in [6, 6.07) is 5.67. The van der Waals surface area contributed by atoms with Crippen molar-refractivity contribution in [1.82, 2.24) is 0 Å². The number of hydrogen-bond donors (Lipinski definition) is 1. The Morgan fingerprint density at radius 3 is 2.42 bits per heavy atom. The van der Waals surface area contributed by atoms with Gasteiger partial charge in [-0.2, -0.15) is 0 Å². The first-order valence-corrected chi connectivity index (χ1v) is 7.55. The summed E-state index contributed by atoms with van der Waals surface area (Å²) in [5.74, 6) is 2.37. The van der Waals surface area contributed by atoms with Gasteiger partial charge in [0.15, 0.2) is 0 Å². The number of halogens is 1. The summed E-state index contributed by atoms with van der Waals surface area (Å²) in [4.78, 5) is 0. The van der Waals surface area contributed by atoms with E-state index in [9.17, 15) is 0 Å². The minimum absolute atomic E-state index is 0.0628. The van der Waals surface area contributed by atoms with Gasteiger partial charge in [0.1, 0.15) is 5.75 Å². The predicted octanol–water partition coefficient (Wildman–Crippen LogP) is 4.56. The van der Waals surface area contributed by atoms with Crippen LogP contribution in [0.25, 0.3) is 0 Å². The molecule has 2 N–H and O–H groups in total. The van der Waals surface area contributed by atoms with Gasteiger partial charge in [-0.15, -0.1) is 0 Å². The monoisotopic (exact) mass is 281 g/mol. The Kier molecular flexibility index (Phi) is 4.75. The molecular formula is C16H24ClNO. The van der Waals surface area contributed by atoms with Gasteiger partial charge >= 0.3 is 0 Å². The molecule has 106 valence electrons. The summed E-state index contributed by atoms with van der Waals surface area (Å²) in [7, 11) is 0. The van der Waals surface area contributed by atoms with E-state index in [1.807, 2.05) is 25.1 Å². The normalized spacial score (nSPS) is 29.0. The smallest absolute Gasteiger partial charge is 0.124 e. The molecule has 1 aromatic carbocycles. The highest BCUT2D eigenvalue weighted by Crippen LogP contribution is 2.34. The first-order chi connectivity index (χ1) is 8.95. The molecule has 0 aromatic heterocycles. The fraction of sp³-hybridized carbons (Fsp3) is 0.625. The molecule has 1 aromatic rings. The van der Waals surface area contributed by atoms with Crippen LogP contribution >= 0.6 is 11.6 Å². The number of rotatable bonds is 3. The SMILES string of the molecule is CC1CC(C)CC(Oc2ccc(Cl)cc2[C@H](C)N)C1. The molecule has 1 saturated carbocycles. The maximum absolute atomic E-state index is 6.20. The van der Waals surface area contributed by atoms with Crippen LogP contribution < -0.4 is 10.5 Å². The molecule has 3 heteroatoms. The Morgan fingerprint density at radius 2 is 1.84 bits per heavy atom. The molecule has 19 heavy (non-hydrogen) atoms. The van der Waals surface area contributed by atoms with E-state index >= 15 is 0 Å². The fourth-order valence-corrected chi connectivity index (χ4v) is 3.31. The highest BCUT2D eigenvalue weighted by atomic mass is 35.5. The third-order valence-electron chi connectivity index (χ3n) is 3.89. The van der Waals surface area contributed by atoms with Crippen LogP contribution in [0.2, 0.25) is 5.02 Å². The molecule has 0 aliphatic heterocycles. The van der Waals surface area contributed by atoms with Gasteiger partial charge in [0, 0.05) is 16.6 Å². The zero-order valence-electron chi connectivity index (χ0n) is 12.0. The lowest BCUT2D eigenvalue weighted by atomic mass is 9.82. The van der Waals surface area contributed by atoms with Gasteiger partial charge in [0.05, 0.1) is 6.10 Å². The minimum atomic E-state index is -0.0628. The fourth-order valence-electron chi connectivity index (χ4n) is 3.13. The predicted molar refractivity (Wildman–Crippen MR) is 80.6 cm³/mol. The third kappa shape index (κ3) is 3.87. The molecule has 0 radical (unpaired) electrons. The summed E-state index contributed by atoms with van der Waals surface area (Å²) in [6.45, 7) is 6.57. The molecule has 0 amide bonds. The van der Waals surface area contributed by atoms with Gasteiger partial charge in [-0.3, -0.25) is 0 Å². The van der Waals surface area contributed by atoms with Crippen molar-refractivity contribution in [3.05, 3.63) is 28.8 Å². The van der Waals surface area contributed by atoms with Crippen LogP contribution in [0, 0.1) is 11.8 Å². The number of nitrogens with two attached hydrogens (primary N) is 1. The maximum atomic E-state index is 6.20. The maximum Gasteiger partial charge on any atom is 0.124 e. The summed E-state index contributed by atoms with van der Waals surface area (Å²) < 4.78 is 6.20. The topological polar surface area (TPSA) is 35.2 Å². The molecule has 1 aliphatic rings. The summed E-state index contributed by atoms with van der Waals surface area (Å²) in [5.41, 5.74) is 7.00. The molecular weight excluding hydrogens is 258 g/mol. The second-order valence-corrected chi connectivity index (χ2v) is 6.56. The lowest BCUT2D eigenvalue weighted by Gasteiger charge is -2.32. The molecule has 1 fully saturated rings. The largest absolute Gasteiger partial charge is 0.490 e. The number of hydrogen-bond acceptors (Lipinski definition) is 2. The Bertz CT molecular complexity index is 423. The molecule has 1 aliphatic carbocycles. The number of benzene rings is 1. The highest BCUT2D eigenvalue weighted by Gasteiger charge is 2.26. The van der Waals surface area contributed by atoms with E-state index in [1.165, 1.54) is 6.42 Å². The van der Waals surface area contributed by atoms with Gasteiger partial charge in [-0.05, 0) is 56.2 Å². The van der Waals surface area contributed by atoms with Gasteiger partial charge in [0.2, 0.25) is 0 Å². The van der Waals surface area contributed by atoms with Crippen molar-refractivity contribution in [2.24, 2.45) is 17.6 Å². The standard InChI is InChI=1S/C16H24ClNO/c1-10-6-11(2)8-14(7-10)19-16-5-4-13(17)9-15(16)12(3)18/h4-5,9-12,14H,6-8,18H2,1-3H3/t10?,11?,12-,14?/m0/s1.